The van der Waals surface area contributed by atoms with Crippen molar-refractivity contribution in [1.82, 2.24) is 15.0 Å². The molecule has 9 aromatic carbocycles. The Bertz CT molecular complexity index is 3300. The number of para-hydroxylation sites is 2. The summed E-state index contributed by atoms with van der Waals surface area (Å²) in [6, 6.07) is 70.1. The minimum absolute atomic E-state index is 0.564. The molecule has 0 bridgehead atoms. The van der Waals surface area contributed by atoms with Crippen molar-refractivity contribution in [3.05, 3.63) is 200 Å². The lowest BCUT2D eigenvalue weighted by molar-refractivity contribution is 0.669. The average Bonchev–Trinajstić information content (AvgIpc) is 3.68. The molecule has 0 aliphatic heterocycles. The lowest BCUT2D eigenvalue weighted by Gasteiger charge is -2.16. The molecule has 0 amide bonds. The van der Waals surface area contributed by atoms with Crippen LogP contribution in [0.5, 0.6) is 0 Å². The molecule has 2 heterocycles. The second-order valence-corrected chi connectivity index (χ2v) is 14.3. The molecule has 266 valence electrons. The third kappa shape index (κ3) is 5.66. The zero-order valence-electron chi connectivity index (χ0n) is 30.8. The molecule has 11 aromatic rings. The van der Waals surface area contributed by atoms with Crippen LogP contribution in [0.25, 0.3) is 111 Å². The number of rotatable bonds is 6. The van der Waals surface area contributed by atoms with E-state index in [0.29, 0.717) is 17.5 Å². The summed E-state index contributed by atoms with van der Waals surface area (Å²) in [5.74, 6) is 1.77. The summed E-state index contributed by atoms with van der Waals surface area (Å²) in [6.07, 6.45) is 0. The molecule has 0 spiro atoms. The predicted octanol–water partition coefficient (Wildman–Crippen LogP) is 14.1. The van der Waals surface area contributed by atoms with Crippen molar-refractivity contribution in [2.75, 3.05) is 0 Å². The summed E-state index contributed by atoms with van der Waals surface area (Å²) in [7, 11) is 0. The van der Waals surface area contributed by atoms with Gasteiger partial charge in [0.25, 0.3) is 0 Å². The zero-order valence-corrected chi connectivity index (χ0v) is 30.8. The van der Waals surface area contributed by atoms with E-state index in [4.69, 9.17) is 19.4 Å². The normalized spacial score (nSPS) is 11.5. The smallest absolute Gasteiger partial charge is 0.167 e. The Morgan fingerprint density at radius 3 is 1.37 bits per heavy atom. The molecule has 0 radical (unpaired) electrons. The SMILES string of the molecule is c1ccc(-c2nc(-c3cccc(-c4ccc(-c5ccc(-c6ccccc6)c6ccccc56)c5ccccc45)c3)nc(-c3cccc4c3oc3ccccc34)n2)cc1. The summed E-state index contributed by atoms with van der Waals surface area (Å²) in [5.41, 5.74) is 11.3. The van der Waals surface area contributed by atoms with E-state index in [1.807, 2.05) is 60.7 Å². The molecule has 0 fully saturated rings. The Kier molecular flexibility index (Phi) is 7.78. The minimum atomic E-state index is 0.564. The van der Waals surface area contributed by atoms with E-state index < -0.39 is 0 Å². The first-order valence-electron chi connectivity index (χ1n) is 19.2. The first-order valence-corrected chi connectivity index (χ1v) is 19.2. The van der Waals surface area contributed by atoms with Gasteiger partial charge in [-0.2, -0.15) is 0 Å². The molecule has 0 saturated carbocycles. The topological polar surface area (TPSA) is 51.8 Å². The highest BCUT2D eigenvalue weighted by molar-refractivity contribution is 6.12. The van der Waals surface area contributed by atoms with Gasteiger partial charge in [0.2, 0.25) is 0 Å². The first kappa shape index (κ1) is 32.7. The maximum atomic E-state index is 6.44. The van der Waals surface area contributed by atoms with Crippen molar-refractivity contribution in [2.45, 2.75) is 0 Å². The molecule has 0 saturated heterocycles. The molecule has 0 aliphatic carbocycles. The van der Waals surface area contributed by atoms with Gasteiger partial charge in [-0.15, -0.1) is 0 Å². The molecular weight excluding hydrogens is 695 g/mol. The summed E-state index contributed by atoms with van der Waals surface area (Å²) in [6.45, 7) is 0. The Balaban J connectivity index is 1.05. The van der Waals surface area contributed by atoms with Crippen LogP contribution in [-0.4, -0.2) is 15.0 Å². The fourth-order valence-corrected chi connectivity index (χ4v) is 8.28. The van der Waals surface area contributed by atoms with Crippen LogP contribution in [0.15, 0.2) is 205 Å². The van der Waals surface area contributed by atoms with Gasteiger partial charge in [0, 0.05) is 21.9 Å². The van der Waals surface area contributed by atoms with Crippen LogP contribution in [0.1, 0.15) is 0 Å². The van der Waals surface area contributed by atoms with E-state index in [-0.39, 0.29) is 0 Å². The molecule has 2 aromatic heterocycles. The lowest BCUT2D eigenvalue weighted by atomic mass is 9.88. The minimum Gasteiger partial charge on any atom is -0.455 e. The molecule has 0 unspecified atom stereocenters. The van der Waals surface area contributed by atoms with Gasteiger partial charge in [-0.1, -0.05) is 182 Å². The second kappa shape index (κ2) is 13.6. The van der Waals surface area contributed by atoms with Crippen LogP contribution in [0.2, 0.25) is 0 Å². The summed E-state index contributed by atoms with van der Waals surface area (Å²) in [4.78, 5) is 15.3. The van der Waals surface area contributed by atoms with Crippen molar-refractivity contribution in [2.24, 2.45) is 0 Å². The molecule has 0 atom stereocenters. The number of hydrogen-bond donors (Lipinski definition) is 0. The predicted molar refractivity (Wildman–Crippen MR) is 235 cm³/mol. The van der Waals surface area contributed by atoms with Crippen molar-refractivity contribution in [3.8, 4) is 67.5 Å². The Morgan fingerprint density at radius 2 is 0.702 bits per heavy atom. The monoisotopic (exact) mass is 727 g/mol. The van der Waals surface area contributed by atoms with Crippen LogP contribution in [0.4, 0.5) is 0 Å². The van der Waals surface area contributed by atoms with Crippen molar-refractivity contribution >= 4 is 43.5 Å². The lowest BCUT2D eigenvalue weighted by Crippen LogP contribution is -2.00. The Hall–Kier alpha value is -7.69. The molecule has 0 aliphatic rings. The van der Waals surface area contributed by atoms with Crippen LogP contribution >= 0.6 is 0 Å². The van der Waals surface area contributed by atoms with Gasteiger partial charge < -0.3 is 4.42 Å². The number of aromatic nitrogens is 3. The highest BCUT2D eigenvalue weighted by Gasteiger charge is 2.19. The molecule has 57 heavy (non-hydrogen) atoms. The number of nitrogens with zero attached hydrogens (tertiary/aromatic N) is 3. The first-order chi connectivity index (χ1) is 28.3. The van der Waals surface area contributed by atoms with Crippen LogP contribution in [0.3, 0.4) is 0 Å². The molecule has 4 heteroatoms. The number of fused-ring (bicyclic) bond motifs is 5. The Morgan fingerprint density at radius 1 is 0.263 bits per heavy atom. The van der Waals surface area contributed by atoms with Gasteiger partial charge in [-0.3, -0.25) is 0 Å². The van der Waals surface area contributed by atoms with E-state index in [1.165, 1.54) is 43.8 Å². The largest absolute Gasteiger partial charge is 0.455 e. The number of hydrogen-bond acceptors (Lipinski definition) is 4. The molecule has 4 nitrogen and oxygen atoms in total. The molecular formula is C53H33N3O. The van der Waals surface area contributed by atoms with Gasteiger partial charge >= 0.3 is 0 Å². The van der Waals surface area contributed by atoms with Crippen LogP contribution in [0, 0.1) is 0 Å². The van der Waals surface area contributed by atoms with Gasteiger partial charge in [0.1, 0.15) is 11.2 Å². The van der Waals surface area contributed by atoms with E-state index in [2.05, 4.69) is 140 Å². The highest BCUT2D eigenvalue weighted by Crippen LogP contribution is 2.42. The van der Waals surface area contributed by atoms with E-state index >= 15 is 0 Å². The van der Waals surface area contributed by atoms with Crippen molar-refractivity contribution in [3.63, 3.8) is 0 Å². The van der Waals surface area contributed by atoms with E-state index in [9.17, 15) is 0 Å². The van der Waals surface area contributed by atoms with Crippen molar-refractivity contribution < 1.29 is 4.42 Å². The van der Waals surface area contributed by atoms with Gasteiger partial charge in [0.15, 0.2) is 17.5 Å². The fourth-order valence-electron chi connectivity index (χ4n) is 8.28. The maximum Gasteiger partial charge on any atom is 0.167 e. The maximum absolute atomic E-state index is 6.44. The molecule has 11 rings (SSSR count). The summed E-state index contributed by atoms with van der Waals surface area (Å²) >= 11 is 0. The highest BCUT2D eigenvalue weighted by atomic mass is 16.3. The third-order valence-electron chi connectivity index (χ3n) is 11.0. The van der Waals surface area contributed by atoms with E-state index in [1.54, 1.807) is 0 Å². The van der Waals surface area contributed by atoms with Gasteiger partial charge in [0.05, 0.1) is 5.56 Å². The average molecular weight is 728 g/mol. The Labute approximate surface area is 329 Å². The van der Waals surface area contributed by atoms with Crippen LogP contribution < -0.4 is 0 Å². The quantitative estimate of drug-likeness (QED) is 0.171. The fraction of sp³-hybridized carbons (Fsp3) is 0. The second-order valence-electron chi connectivity index (χ2n) is 14.3. The van der Waals surface area contributed by atoms with Gasteiger partial charge in [-0.05, 0) is 73.1 Å². The van der Waals surface area contributed by atoms with Gasteiger partial charge in [-0.25, -0.2) is 15.0 Å². The van der Waals surface area contributed by atoms with E-state index in [0.717, 1.165) is 49.8 Å². The summed E-state index contributed by atoms with van der Waals surface area (Å²) < 4.78 is 6.44. The number of benzene rings is 9. The third-order valence-corrected chi connectivity index (χ3v) is 11.0. The zero-order chi connectivity index (χ0) is 37.7. The number of furan rings is 1. The standard InChI is InChI=1S/C53H33N3O/c1-3-15-34(16-4-1)38-29-31-44(42-23-9-7-21-40(38)42)45-32-30-39(41-22-8-10-24-43(41)45)36-19-13-20-37(33-36)52-54-51(35-17-5-2-6-18-35)55-53(56-52)48-27-14-26-47-46-25-11-12-28-49(46)57-50(47)48/h1-33H. The van der Waals surface area contributed by atoms with Crippen LogP contribution in [-0.2, 0) is 0 Å². The van der Waals surface area contributed by atoms with Crippen molar-refractivity contribution in [1.29, 1.82) is 0 Å². The summed E-state index contributed by atoms with van der Waals surface area (Å²) in [5, 5.41) is 6.95. The molecule has 0 N–H and O–H groups in total.